The van der Waals surface area contributed by atoms with E-state index in [4.69, 9.17) is 0 Å². The second-order valence-electron chi connectivity index (χ2n) is 6.97. The molecule has 0 amide bonds. The molecule has 0 unspecified atom stereocenters. The summed E-state index contributed by atoms with van der Waals surface area (Å²) in [4.78, 5) is 12.7. The van der Waals surface area contributed by atoms with E-state index in [1.54, 1.807) is 4.68 Å². The molecule has 0 bridgehead atoms. The fourth-order valence-electron chi connectivity index (χ4n) is 3.39. The van der Waals surface area contributed by atoms with E-state index in [0.717, 1.165) is 30.0 Å². The monoisotopic (exact) mass is 364 g/mol. The van der Waals surface area contributed by atoms with Crippen molar-refractivity contribution < 1.29 is 0 Å². The van der Waals surface area contributed by atoms with Crippen LogP contribution in [0.3, 0.4) is 0 Å². The predicted molar refractivity (Wildman–Crippen MR) is 112 cm³/mol. The zero-order valence-electron chi connectivity index (χ0n) is 16.5. The van der Waals surface area contributed by atoms with Gasteiger partial charge in [0.05, 0.1) is 11.4 Å². The van der Waals surface area contributed by atoms with Crippen molar-refractivity contribution in [2.24, 2.45) is 7.05 Å². The molecule has 0 radical (unpaired) electrons. The van der Waals surface area contributed by atoms with Crippen molar-refractivity contribution in [2.45, 2.75) is 27.3 Å². The molecule has 3 rings (SSSR count). The van der Waals surface area contributed by atoms with Gasteiger partial charge in [-0.1, -0.05) is 35.9 Å². The summed E-state index contributed by atoms with van der Waals surface area (Å²) in [5.74, 6) is 0. The first-order valence-electron chi connectivity index (χ1n) is 9.34. The van der Waals surface area contributed by atoms with Crippen molar-refractivity contribution in [3.63, 3.8) is 0 Å². The van der Waals surface area contributed by atoms with Crippen molar-refractivity contribution in [2.75, 3.05) is 18.4 Å². The third-order valence-electron chi connectivity index (χ3n) is 4.93. The molecule has 0 saturated heterocycles. The maximum atomic E-state index is 12.7. The zero-order valence-corrected chi connectivity index (χ0v) is 16.5. The third-order valence-corrected chi connectivity index (χ3v) is 4.93. The number of para-hydroxylation sites is 1. The maximum Gasteiger partial charge on any atom is 0.274 e. The second kappa shape index (κ2) is 8.27. The second-order valence-corrected chi connectivity index (χ2v) is 6.97. The van der Waals surface area contributed by atoms with Gasteiger partial charge >= 0.3 is 0 Å². The molecule has 142 valence electrons. The van der Waals surface area contributed by atoms with Crippen LogP contribution in [0.15, 0.2) is 53.3 Å². The molecule has 0 fully saturated rings. The first kappa shape index (κ1) is 19.0. The van der Waals surface area contributed by atoms with E-state index in [-0.39, 0.29) is 5.56 Å². The molecule has 1 aromatic heterocycles. The average Bonchev–Trinajstić information content (AvgIpc) is 2.86. The Hall–Kier alpha value is -2.79. The molecule has 0 aliphatic heterocycles. The summed E-state index contributed by atoms with van der Waals surface area (Å²) in [6, 6.07) is 16.2. The summed E-state index contributed by atoms with van der Waals surface area (Å²) in [5.41, 5.74) is 6.42. The van der Waals surface area contributed by atoms with E-state index >= 15 is 0 Å². The van der Waals surface area contributed by atoms with Gasteiger partial charge in [0.15, 0.2) is 0 Å². The van der Waals surface area contributed by atoms with Crippen LogP contribution in [-0.2, 0) is 13.6 Å². The molecule has 27 heavy (non-hydrogen) atoms. The van der Waals surface area contributed by atoms with Gasteiger partial charge in [0.25, 0.3) is 5.56 Å². The van der Waals surface area contributed by atoms with Gasteiger partial charge in [-0.25, -0.2) is 4.68 Å². The average molecular weight is 364 g/mol. The van der Waals surface area contributed by atoms with Crippen molar-refractivity contribution in [1.82, 2.24) is 14.7 Å². The Morgan fingerprint density at radius 1 is 0.963 bits per heavy atom. The number of hydrogen-bond acceptors (Lipinski definition) is 3. The Kier molecular flexibility index (Phi) is 5.81. The number of hydrogen-bond donors (Lipinski definition) is 2. The Morgan fingerprint density at radius 3 is 2.41 bits per heavy atom. The standard InChI is InChI=1S/C22H28N4O/c1-16-10-11-20(17(2)14-16)24-13-12-23-15-21-18(3)22(27)26(25(21)4)19-8-6-5-7-9-19/h5-11,14,23-24H,12-13,15H2,1-4H3. The van der Waals surface area contributed by atoms with Gasteiger partial charge in [-0.15, -0.1) is 0 Å². The number of benzene rings is 2. The van der Waals surface area contributed by atoms with Crippen LogP contribution < -0.4 is 16.2 Å². The van der Waals surface area contributed by atoms with Crippen LogP contribution in [0.2, 0.25) is 0 Å². The lowest BCUT2D eigenvalue weighted by Gasteiger charge is -2.12. The van der Waals surface area contributed by atoms with E-state index in [0.29, 0.717) is 6.54 Å². The van der Waals surface area contributed by atoms with E-state index in [1.165, 1.54) is 16.8 Å². The summed E-state index contributed by atoms with van der Waals surface area (Å²) >= 11 is 0. The van der Waals surface area contributed by atoms with E-state index in [2.05, 4.69) is 42.7 Å². The Labute approximate surface area is 160 Å². The topological polar surface area (TPSA) is 51.0 Å². The first-order chi connectivity index (χ1) is 13.0. The number of aryl methyl sites for hydroxylation is 2. The van der Waals surface area contributed by atoms with Crippen molar-refractivity contribution in [1.29, 1.82) is 0 Å². The highest BCUT2D eigenvalue weighted by Gasteiger charge is 2.14. The lowest BCUT2D eigenvalue weighted by atomic mass is 10.1. The van der Waals surface area contributed by atoms with Crippen molar-refractivity contribution in [3.05, 3.63) is 81.3 Å². The van der Waals surface area contributed by atoms with Crippen molar-refractivity contribution in [3.8, 4) is 5.69 Å². The molecule has 5 heteroatoms. The minimum absolute atomic E-state index is 0.0360. The molecule has 2 N–H and O–H groups in total. The highest BCUT2D eigenvalue weighted by Crippen LogP contribution is 2.15. The molecular formula is C22H28N4O. The number of nitrogens with one attached hydrogen (secondary N) is 2. The molecule has 1 heterocycles. The fourth-order valence-corrected chi connectivity index (χ4v) is 3.39. The SMILES string of the molecule is Cc1ccc(NCCNCc2c(C)c(=O)n(-c3ccccc3)n2C)c(C)c1. The molecule has 5 nitrogen and oxygen atoms in total. The van der Waals surface area contributed by atoms with Gasteiger partial charge < -0.3 is 10.6 Å². The number of anilines is 1. The molecule has 0 atom stereocenters. The van der Waals surface area contributed by atoms with Crippen LogP contribution in [0.25, 0.3) is 5.69 Å². The van der Waals surface area contributed by atoms with Gasteiger partial charge in [0.1, 0.15) is 0 Å². The van der Waals surface area contributed by atoms with Crippen LogP contribution >= 0.6 is 0 Å². The van der Waals surface area contributed by atoms with Crippen LogP contribution in [0.1, 0.15) is 22.4 Å². The van der Waals surface area contributed by atoms with Gasteiger partial charge in [-0.3, -0.25) is 9.48 Å². The first-order valence-corrected chi connectivity index (χ1v) is 9.34. The van der Waals surface area contributed by atoms with Crippen LogP contribution in [-0.4, -0.2) is 22.5 Å². The highest BCUT2D eigenvalue weighted by atomic mass is 16.1. The third kappa shape index (κ3) is 4.14. The largest absolute Gasteiger partial charge is 0.384 e. The summed E-state index contributed by atoms with van der Waals surface area (Å²) < 4.78 is 3.66. The van der Waals surface area contributed by atoms with Crippen LogP contribution in [0.5, 0.6) is 0 Å². The minimum atomic E-state index is 0.0360. The smallest absolute Gasteiger partial charge is 0.274 e. The number of rotatable bonds is 7. The lowest BCUT2D eigenvalue weighted by molar-refractivity contribution is 0.584. The Balaban J connectivity index is 1.61. The number of nitrogens with zero attached hydrogens (tertiary/aromatic N) is 2. The van der Waals surface area contributed by atoms with Gasteiger partial charge in [-0.05, 0) is 44.5 Å². The molecular weight excluding hydrogens is 336 g/mol. The molecule has 0 aliphatic rings. The van der Waals surface area contributed by atoms with Gasteiger partial charge in [-0.2, -0.15) is 0 Å². The molecule has 0 aliphatic carbocycles. The van der Waals surface area contributed by atoms with E-state index < -0.39 is 0 Å². The van der Waals surface area contributed by atoms with E-state index in [9.17, 15) is 4.79 Å². The van der Waals surface area contributed by atoms with Crippen LogP contribution in [0, 0.1) is 20.8 Å². The molecule has 0 spiro atoms. The fraction of sp³-hybridized carbons (Fsp3) is 0.318. The van der Waals surface area contributed by atoms with E-state index in [1.807, 2.05) is 49.0 Å². The lowest BCUT2D eigenvalue weighted by Crippen LogP contribution is -2.24. The molecule has 0 saturated carbocycles. The van der Waals surface area contributed by atoms with Gasteiger partial charge in [0, 0.05) is 37.9 Å². The molecule has 2 aromatic carbocycles. The molecule has 3 aromatic rings. The number of aromatic nitrogens is 2. The normalized spacial score (nSPS) is 11.0. The minimum Gasteiger partial charge on any atom is -0.384 e. The van der Waals surface area contributed by atoms with Crippen molar-refractivity contribution >= 4 is 5.69 Å². The zero-order chi connectivity index (χ0) is 19.4. The summed E-state index contributed by atoms with van der Waals surface area (Å²) in [5, 5.41) is 6.90. The summed E-state index contributed by atoms with van der Waals surface area (Å²) in [6.07, 6.45) is 0. The summed E-state index contributed by atoms with van der Waals surface area (Å²) in [7, 11) is 1.94. The maximum absolute atomic E-state index is 12.7. The highest BCUT2D eigenvalue weighted by molar-refractivity contribution is 5.51. The van der Waals surface area contributed by atoms with Crippen LogP contribution in [0.4, 0.5) is 5.69 Å². The predicted octanol–water partition coefficient (Wildman–Crippen LogP) is 3.30. The quantitative estimate of drug-likeness (QED) is 0.633. The Bertz CT molecular complexity index is 970. The van der Waals surface area contributed by atoms with Gasteiger partial charge in [0.2, 0.25) is 0 Å². The summed E-state index contributed by atoms with van der Waals surface area (Å²) in [6.45, 7) is 8.42. The Morgan fingerprint density at radius 2 is 1.70 bits per heavy atom.